The molecule has 1 heterocycles. The molecular formula is C28H32F2N4O4. The van der Waals surface area contributed by atoms with Gasteiger partial charge in [0.2, 0.25) is 17.7 Å². The highest BCUT2D eigenvalue weighted by Gasteiger charge is 2.36. The minimum Gasteiger partial charge on any atom is -0.497 e. The Bertz CT molecular complexity index is 1180. The van der Waals surface area contributed by atoms with E-state index in [4.69, 9.17) is 4.74 Å². The second kappa shape index (κ2) is 12.1. The van der Waals surface area contributed by atoms with Crippen molar-refractivity contribution in [2.24, 2.45) is 5.92 Å². The second-order valence-electron chi connectivity index (χ2n) is 9.72. The number of methoxy groups -OCH3 is 1. The van der Waals surface area contributed by atoms with Crippen LogP contribution in [-0.2, 0) is 20.8 Å². The highest BCUT2D eigenvalue weighted by molar-refractivity contribution is 5.92. The van der Waals surface area contributed by atoms with Crippen molar-refractivity contribution in [2.75, 3.05) is 19.0 Å². The van der Waals surface area contributed by atoms with E-state index in [9.17, 15) is 23.2 Å². The smallest absolute Gasteiger partial charge is 0.247 e. The quantitative estimate of drug-likeness (QED) is 0.413. The van der Waals surface area contributed by atoms with E-state index in [2.05, 4.69) is 16.0 Å². The van der Waals surface area contributed by atoms with Crippen LogP contribution >= 0.6 is 0 Å². The molecule has 1 aliphatic heterocycles. The summed E-state index contributed by atoms with van der Waals surface area (Å²) in [5.74, 6) is -1.72. The normalized spacial score (nSPS) is 19.9. The molecule has 202 valence electrons. The SMILES string of the molecule is COc1ccc(NC2C=CC[C@H](NC(=O)C(C)NC(=O)Cc3cc(F)cc(F)c3)C(=O)N2CC2CC2)cc1. The molecule has 10 heteroatoms. The van der Waals surface area contributed by atoms with Gasteiger partial charge in [-0.05, 0) is 80.1 Å². The van der Waals surface area contributed by atoms with Crippen LogP contribution in [0.1, 0.15) is 31.7 Å². The Labute approximate surface area is 220 Å². The van der Waals surface area contributed by atoms with Crippen molar-refractivity contribution >= 4 is 23.4 Å². The first kappa shape index (κ1) is 27.1. The summed E-state index contributed by atoms with van der Waals surface area (Å²) in [4.78, 5) is 40.5. The van der Waals surface area contributed by atoms with E-state index in [0.29, 0.717) is 18.9 Å². The zero-order chi connectivity index (χ0) is 27.2. The fourth-order valence-corrected chi connectivity index (χ4v) is 4.33. The summed E-state index contributed by atoms with van der Waals surface area (Å²) in [5.41, 5.74) is 0.980. The number of nitrogens with one attached hydrogen (secondary N) is 3. The topological polar surface area (TPSA) is 99.8 Å². The molecule has 0 saturated heterocycles. The molecule has 2 aromatic rings. The summed E-state index contributed by atoms with van der Waals surface area (Å²) in [6.45, 7) is 2.06. The lowest BCUT2D eigenvalue weighted by molar-refractivity contribution is -0.137. The Kier molecular flexibility index (Phi) is 8.60. The molecule has 3 atom stereocenters. The van der Waals surface area contributed by atoms with Crippen LogP contribution in [-0.4, -0.2) is 54.5 Å². The van der Waals surface area contributed by atoms with Crippen LogP contribution in [0.15, 0.2) is 54.6 Å². The first-order valence-electron chi connectivity index (χ1n) is 12.6. The van der Waals surface area contributed by atoms with Gasteiger partial charge in [-0.2, -0.15) is 0 Å². The van der Waals surface area contributed by atoms with E-state index in [1.165, 1.54) is 6.92 Å². The van der Waals surface area contributed by atoms with Crippen molar-refractivity contribution in [1.29, 1.82) is 0 Å². The van der Waals surface area contributed by atoms with E-state index in [1.807, 2.05) is 36.4 Å². The first-order chi connectivity index (χ1) is 18.2. The number of benzene rings is 2. The van der Waals surface area contributed by atoms with Crippen LogP contribution in [0, 0.1) is 17.6 Å². The Hall–Kier alpha value is -3.95. The minimum absolute atomic E-state index is 0.155. The molecule has 2 aromatic carbocycles. The highest BCUT2D eigenvalue weighted by Crippen LogP contribution is 2.31. The molecular weight excluding hydrogens is 494 g/mol. The third-order valence-electron chi connectivity index (χ3n) is 6.54. The van der Waals surface area contributed by atoms with Gasteiger partial charge in [0.25, 0.3) is 0 Å². The number of hydrogen-bond acceptors (Lipinski definition) is 5. The maximum absolute atomic E-state index is 13.5. The maximum Gasteiger partial charge on any atom is 0.247 e. The molecule has 0 radical (unpaired) electrons. The molecule has 38 heavy (non-hydrogen) atoms. The molecule has 0 spiro atoms. The fraction of sp³-hybridized carbons (Fsp3) is 0.393. The third-order valence-corrected chi connectivity index (χ3v) is 6.54. The van der Waals surface area contributed by atoms with E-state index >= 15 is 0 Å². The number of nitrogens with zero attached hydrogens (tertiary/aromatic N) is 1. The number of hydrogen-bond donors (Lipinski definition) is 3. The molecule has 2 aliphatic rings. The van der Waals surface area contributed by atoms with Gasteiger partial charge >= 0.3 is 0 Å². The average Bonchev–Trinajstić information content (AvgIpc) is 3.70. The van der Waals surface area contributed by atoms with Gasteiger partial charge in [-0.25, -0.2) is 8.78 Å². The second-order valence-corrected chi connectivity index (χ2v) is 9.72. The first-order valence-corrected chi connectivity index (χ1v) is 12.6. The van der Waals surface area contributed by atoms with Crippen molar-refractivity contribution in [2.45, 2.75) is 50.9 Å². The molecule has 4 rings (SSSR count). The zero-order valence-corrected chi connectivity index (χ0v) is 21.4. The van der Waals surface area contributed by atoms with Crippen LogP contribution < -0.4 is 20.7 Å². The van der Waals surface area contributed by atoms with Gasteiger partial charge in [0.1, 0.15) is 35.6 Å². The molecule has 1 saturated carbocycles. The number of carbonyl (C=O) groups excluding carboxylic acids is 3. The number of anilines is 1. The maximum atomic E-state index is 13.5. The number of carbonyl (C=O) groups is 3. The molecule has 1 fully saturated rings. The van der Waals surface area contributed by atoms with Crippen molar-refractivity contribution in [3.8, 4) is 5.75 Å². The van der Waals surface area contributed by atoms with E-state index in [-0.39, 0.29) is 24.1 Å². The summed E-state index contributed by atoms with van der Waals surface area (Å²) in [6.07, 6.45) is 5.51. The molecule has 2 unspecified atom stereocenters. The average molecular weight is 527 g/mol. The predicted molar refractivity (Wildman–Crippen MR) is 138 cm³/mol. The lowest BCUT2D eigenvalue weighted by Crippen LogP contribution is -2.55. The molecule has 3 N–H and O–H groups in total. The van der Waals surface area contributed by atoms with Gasteiger partial charge < -0.3 is 25.6 Å². The van der Waals surface area contributed by atoms with E-state index in [0.717, 1.165) is 42.5 Å². The molecule has 1 aliphatic carbocycles. The summed E-state index contributed by atoms with van der Waals surface area (Å²) < 4.78 is 32.0. The van der Waals surface area contributed by atoms with Crippen molar-refractivity contribution in [3.05, 3.63) is 71.8 Å². The highest BCUT2D eigenvalue weighted by atomic mass is 19.1. The summed E-state index contributed by atoms with van der Waals surface area (Å²) in [7, 11) is 1.60. The summed E-state index contributed by atoms with van der Waals surface area (Å²) in [5, 5.41) is 8.67. The van der Waals surface area contributed by atoms with Gasteiger partial charge in [-0.3, -0.25) is 14.4 Å². The molecule has 0 bridgehead atoms. The van der Waals surface area contributed by atoms with Crippen LogP contribution in [0.5, 0.6) is 5.75 Å². The van der Waals surface area contributed by atoms with Gasteiger partial charge in [0.15, 0.2) is 0 Å². The van der Waals surface area contributed by atoms with Crippen molar-refractivity contribution < 1.29 is 27.9 Å². The molecule has 8 nitrogen and oxygen atoms in total. The standard InChI is InChI=1S/C28H32F2N4O4/c1-17(31-26(35)14-19-12-20(29)15-21(30)13-19)27(36)33-24-4-3-5-25(34(28(24)37)16-18-6-7-18)32-22-8-10-23(38-2)11-9-22/h3,5,8-13,15,17-18,24-25,32H,4,6-7,14,16H2,1-2H3,(H,31,35)(H,33,36)/t17?,24-,25?/m0/s1. The summed E-state index contributed by atoms with van der Waals surface area (Å²) >= 11 is 0. The van der Waals surface area contributed by atoms with Gasteiger partial charge in [-0.15, -0.1) is 0 Å². The Morgan fingerprint density at radius 2 is 1.79 bits per heavy atom. The van der Waals surface area contributed by atoms with Gasteiger partial charge in [0, 0.05) is 18.3 Å². The number of ether oxygens (including phenoxy) is 1. The lowest BCUT2D eigenvalue weighted by atomic mass is 10.1. The van der Waals surface area contributed by atoms with Crippen molar-refractivity contribution in [1.82, 2.24) is 15.5 Å². The Balaban J connectivity index is 1.37. The monoisotopic (exact) mass is 526 g/mol. The van der Waals surface area contributed by atoms with E-state index < -0.39 is 35.5 Å². The third kappa shape index (κ3) is 7.30. The zero-order valence-electron chi connectivity index (χ0n) is 21.4. The van der Waals surface area contributed by atoms with Crippen molar-refractivity contribution in [3.63, 3.8) is 0 Å². The predicted octanol–water partition coefficient (Wildman–Crippen LogP) is 3.14. The van der Waals surface area contributed by atoms with Crippen LogP contribution in [0.2, 0.25) is 0 Å². The molecule has 0 aromatic heterocycles. The van der Waals surface area contributed by atoms with Gasteiger partial charge in [0.05, 0.1) is 13.5 Å². The number of halogens is 2. The van der Waals surface area contributed by atoms with Gasteiger partial charge in [-0.1, -0.05) is 6.08 Å². The minimum atomic E-state index is -0.953. The number of rotatable bonds is 10. The summed E-state index contributed by atoms with van der Waals surface area (Å²) in [6, 6.07) is 8.52. The van der Waals surface area contributed by atoms with Crippen LogP contribution in [0.3, 0.4) is 0 Å². The fourth-order valence-electron chi connectivity index (χ4n) is 4.33. The van der Waals surface area contributed by atoms with Crippen LogP contribution in [0.4, 0.5) is 14.5 Å². The number of amides is 3. The molecule has 3 amide bonds. The van der Waals surface area contributed by atoms with Crippen LogP contribution in [0.25, 0.3) is 0 Å². The Morgan fingerprint density at radius 3 is 2.42 bits per heavy atom. The largest absolute Gasteiger partial charge is 0.497 e. The van der Waals surface area contributed by atoms with E-state index in [1.54, 1.807) is 12.0 Å². The Morgan fingerprint density at radius 1 is 1.11 bits per heavy atom. The lowest BCUT2D eigenvalue weighted by Gasteiger charge is -2.32.